The van der Waals surface area contributed by atoms with Crippen molar-refractivity contribution < 1.29 is 42.1 Å². The molecule has 0 unspecified atom stereocenters. The average Bonchev–Trinajstić information content (AvgIpc) is 2.77. The minimum atomic E-state index is -0.921. The second-order valence-electron chi connectivity index (χ2n) is 5.93. The third-order valence-electron chi connectivity index (χ3n) is 3.89. The molecule has 0 bridgehead atoms. The number of ether oxygens (including phenoxy) is 4. The van der Waals surface area contributed by atoms with E-state index in [1.807, 2.05) is 0 Å². The third-order valence-corrected chi connectivity index (χ3v) is 3.89. The third kappa shape index (κ3) is 6.29. The number of nitrogens with one attached hydrogen (secondary N) is 2. The summed E-state index contributed by atoms with van der Waals surface area (Å²) < 4.78 is 46.8. The molecular weight excluding hydrogens is 418 g/mol. The first-order chi connectivity index (χ1) is 14.8. The molecular formula is C20H20F2N2O7. The molecule has 0 heterocycles. The Balaban J connectivity index is 1.89. The van der Waals surface area contributed by atoms with Crippen molar-refractivity contribution in [1.29, 1.82) is 0 Å². The highest BCUT2D eigenvalue weighted by atomic mass is 19.1. The molecule has 31 heavy (non-hydrogen) atoms. The first kappa shape index (κ1) is 23.4. The van der Waals surface area contributed by atoms with Gasteiger partial charge in [-0.15, -0.1) is 0 Å². The van der Waals surface area contributed by atoms with Gasteiger partial charge in [-0.05, 0) is 24.3 Å². The number of anilines is 1. The number of hydrogen-bond acceptors (Lipinski definition) is 7. The van der Waals surface area contributed by atoms with Crippen LogP contribution < -0.4 is 24.8 Å². The van der Waals surface area contributed by atoms with Crippen LogP contribution in [-0.2, 0) is 14.3 Å². The molecule has 2 N–H and O–H groups in total. The van der Waals surface area contributed by atoms with Gasteiger partial charge in [-0.3, -0.25) is 14.4 Å². The second kappa shape index (κ2) is 10.8. The Kier molecular flexibility index (Phi) is 8.12. The molecule has 2 aromatic carbocycles. The molecule has 0 radical (unpaired) electrons. The Hall–Kier alpha value is -3.89. The standard InChI is InChI=1S/C20H20F2N2O7/c1-28-15-6-11(7-16(29-2)19(15)30-3)20(27)23-9-18(26)31-10-17(25)24-14-8-12(21)4-5-13(14)22/h4-8H,9-10H2,1-3H3,(H,23,27)(H,24,25). The summed E-state index contributed by atoms with van der Waals surface area (Å²) in [7, 11) is 4.18. The fourth-order valence-electron chi connectivity index (χ4n) is 2.44. The molecule has 0 aliphatic heterocycles. The predicted octanol–water partition coefficient (Wildman–Crippen LogP) is 1.90. The highest BCUT2D eigenvalue weighted by Crippen LogP contribution is 2.38. The Morgan fingerprint density at radius 2 is 1.58 bits per heavy atom. The highest BCUT2D eigenvalue weighted by molar-refractivity contribution is 5.97. The van der Waals surface area contributed by atoms with E-state index in [2.05, 4.69) is 10.6 Å². The lowest BCUT2D eigenvalue weighted by atomic mass is 10.1. The van der Waals surface area contributed by atoms with E-state index in [-0.39, 0.29) is 17.1 Å². The van der Waals surface area contributed by atoms with Gasteiger partial charge in [0.15, 0.2) is 18.1 Å². The summed E-state index contributed by atoms with van der Waals surface area (Å²) in [5.41, 5.74) is -0.265. The van der Waals surface area contributed by atoms with Gasteiger partial charge in [0.2, 0.25) is 5.75 Å². The van der Waals surface area contributed by atoms with Crippen molar-refractivity contribution >= 4 is 23.5 Å². The van der Waals surface area contributed by atoms with E-state index in [4.69, 9.17) is 18.9 Å². The average molecular weight is 438 g/mol. The largest absolute Gasteiger partial charge is 0.493 e. The summed E-state index contributed by atoms with van der Waals surface area (Å²) in [6, 6.07) is 5.30. The molecule has 0 aliphatic rings. The van der Waals surface area contributed by atoms with Gasteiger partial charge in [0, 0.05) is 11.6 Å². The number of carbonyl (C=O) groups excluding carboxylic acids is 3. The number of rotatable bonds is 9. The molecule has 2 rings (SSSR count). The molecule has 0 saturated carbocycles. The SMILES string of the molecule is COc1cc(C(=O)NCC(=O)OCC(=O)Nc2cc(F)ccc2F)cc(OC)c1OC. The maximum Gasteiger partial charge on any atom is 0.325 e. The first-order valence-corrected chi connectivity index (χ1v) is 8.77. The maximum absolute atomic E-state index is 13.5. The lowest BCUT2D eigenvalue weighted by Crippen LogP contribution is -2.32. The van der Waals surface area contributed by atoms with Crippen LogP contribution in [0, 0.1) is 11.6 Å². The summed E-state index contributed by atoms with van der Waals surface area (Å²) in [6.07, 6.45) is 0. The smallest absolute Gasteiger partial charge is 0.325 e. The van der Waals surface area contributed by atoms with Gasteiger partial charge < -0.3 is 29.6 Å². The molecule has 2 amide bonds. The molecule has 9 nitrogen and oxygen atoms in total. The normalized spacial score (nSPS) is 10.1. The minimum Gasteiger partial charge on any atom is -0.493 e. The molecule has 0 spiro atoms. The molecule has 0 fully saturated rings. The Bertz CT molecular complexity index is 957. The molecule has 166 valence electrons. The molecule has 0 aromatic heterocycles. The van der Waals surface area contributed by atoms with Crippen molar-refractivity contribution in [3.05, 3.63) is 47.5 Å². The summed E-state index contributed by atoms with van der Waals surface area (Å²) in [5, 5.41) is 4.40. The van der Waals surface area contributed by atoms with Gasteiger partial charge >= 0.3 is 5.97 Å². The van der Waals surface area contributed by atoms with Crippen LogP contribution in [0.15, 0.2) is 30.3 Å². The monoisotopic (exact) mass is 438 g/mol. The Morgan fingerprint density at radius 1 is 0.935 bits per heavy atom. The number of halogens is 2. The number of amides is 2. The topological polar surface area (TPSA) is 112 Å². The van der Waals surface area contributed by atoms with E-state index in [9.17, 15) is 23.2 Å². The van der Waals surface area contributed by atoms with E-state index in [0.29, 0.717) is 5.75 Å². The lowest BCUT2D eigenvalue weighted by Gasteiger charge is -2.14. The van der Waals surface area contributed by atoms with Crippen LogP contribution in [0.2, 0.25) is 0 Å². The number of carbonyl (C=O) groups is 3. The van der Waals surface area contributed by atoms with Crippen molar-refractivity contribution in [3.63, 3.8) is 0 Å². The van der Waals surface area contributed by atoms with Gasteiger partial charge in [-0.25, -0.2) is 8.78 Å². The van der Waals surface area contributed by atoms with Crippen LogP contribution in [0.1, 0.15) is 10.4 Å². The van der Waals surface area contributed by atoms with Gasteiger partial charge in [0.1, 0.15) is 18.2 Å². The van der Waals surface area contributed by atoms with Crippen molar-refractivity contribution in [2.75, 3.05) is 39.8 Å². The van der Waals surface area contributed by atoms with Gasteiger partial charge in [0.25, 0.3) is 11.8 Å². The van der Waals surface area contributed by atoms with Crippen LogP contribution in [0.25, 0.3) is 0 Å². The second-order valence-corrected chi connectivity index (χ2v) is 5.93. The number of esters is 1. The Morgan fingerprint density at radius 3 is 2.16 bits per heavy atom. The maximum atomic E-state index is 13.5. The number of benzene rings is 2. The van der Waals surface area contributed by atoms with Crippen molar-refractivity contribution in [2.24, 2.45) is 0 Å². The molecule has 0 aliphatic carbocycles. The Labute approximate surface area is 176 Å². The predicted molar refractivity (Wildman–Crippen MR) is 104 cm³/mol. The van der Waals surface area contributed by atoms with E-state index in [0.717, 1.165) is 18.2 Å². The fourth-order valence-corrected chi connectivity index (χ4v) is 2.44. The molecule has 11 heteroatoms. The minimum absolute atomic E-state index is 0.127. The number of methoxy groups -OCH3 is 3. The zero-order valence-corrected chi connectivity index (χ0v) is 16.9. The fraction of sp³-hybridized carbons (Fsp3) is 0.250. The van der Waals surface area contributed by atoms with Gasteiger partial charge in [-0.2, -0.15) is 0 Å². The quantitative estimate of drug-likeness (QED) is 0.575. The first-order valence-electron chi connectivity index (χ1n) is 8.77. The summed E-state index contributed by atoms with van der Waals surface area (Å²) in [6.45, 7) is -1.30. The van der Waals surface area contributed by atoms with Crippen LogP contribution in [-0.4, -0.2) is 52.3 Å². The summed E-state index contributed by atoms with van der Waals surface area (Å²) >= 11 is 0. The van der Waals surface area contributed by atoms with Crippen molar-refractivity contribution in [1.82, 2.24) is 5.32 Å². The molecule has 0 atom stereocenters. The van der Waals surface area contributed by atoms with E-state index in [1.165, 1.54) is 33.5 Å². The highest BCUT2D eigenvalue weighted by Gasteiger charge is 2.18. The molecule has 2 aromatic rings. The zero-order valence-electron chi connectivity index (χ0n) is 16.9. The van der Waals surface area contributed by atoms with Crippen molar-refractivity contribution in [2.45, 2.75) is 0 Å². The lowest BCUT2D eigenvalue weighted by molar-refractivity contribution is -0.146. The van der Waals surface area contributed by atoms with E-state index >= 15 is 0 Å². The van der Waals surface area contributed by atoms with Crippen LogP contribution in [0.4, 0.5) is 14.5 Å². The van der Waals surface area contributed by atoms with Gasteiger partial charge in [0.05, 0.1) is 27.0 Å². The molecule has 0 saturated heterocycles. The van der Waals surface area contributed by atoms with E-state index in [1.54, 1.807) is 0 Å². The summed E-state index contributed by atoms with van der Waals surface area (Å²) in [4.78, 5) is 35.8. The van der Waals surface area contributed by atoms with Gasteiger partial charge in [-0.1, -0.05) is 0 Å². The summed E-state index contributed by atoms with van der Waals surface area (Å²) in [5.74, 6) is -3.25. The van der Waals surface area contributed by atoms with E-state index < -0.39 is 48.3 Å². The zero-order chi connectivity index (χ0) is 23.0. The van der Waals surface area contributed by atoms with Crippen LogP contribution in [0.5, 0.6) is 17.2 Å². The number of hydrogen-bond donors (Lipinski definition) is 2. The van der Waals surface area contributed by atoms with Crippen molar-refractivity contribution in [3.8, 4) is 17.2 Å². The van der Waals surface area contributed by atoms with Crippen LogP contribution >= 0.6 is 0 Å². The van der Waals surface area contributed by atoms with Crippen LogP contribution in [0.3, 0.4) is 0 Å².